The van der Waals surface area contributed by atoms with Gasteiger partial charge in [0.25, 0.3) is 16.4 Å². The lowest BCUT2D eigenvalue weighted by atomic mass is 9.96. The van der Waals surface area contributed by atoms with Crippen molar-refractivity contribution in [3.05, 3.63) is 65.4 Å². The molecule has 38 heavy (non-hydrogen) atoms. The fourth-order valence-corrected chi connectivity index (χ4v) is 5.42. The van der Waals surface area contributed by atoms with Crippen molar-refractivity contribution < 1.29 is 31.5 Å². The monoisotopic (exact) mass is 542 g/mol. The van der Waals surface area contributed by atoms with E-state index in [1.54, 1.807) is 23.1 Å². The van der Waals surface area contributed by atoms with Gasteiger partial charge in [0.05, 0.1) is 22.6 Å². The Kier molecular flexibility index (Phi) is 7.87. The first-order valence-electron chi connectivity index (χ1n) is 11.8. The van der Waals surface area contributed by atoms with Crippen LogP contribution >= 0.6 is 0 Å². The number of anilines is 1. The molecule has 1 saturated heterocycles. The number of fused-ring (bicyclic) bond motifs is 1. The van der Waals surface area contributed by atoms with Gasteiger partial charge in [-0.05, 0) is 48.7 Å². The van der Waals surface area contributed by atoms with E-state index < -0.39 is 45.5 Å². The number of piperidine rings is 1. The van der Waals surface area contributed by atoms with Crippen LogP contribution in [0.3, 0.4) is 0 Å². The highest BCUT2D eigenvalue weighted by Crippen LogP contribution is 2.31. The number of benzene rings is 2. The molecule has 0 unspecified atom stereocenters. The number of hydrogen-bond acceptors (Lipinski definition) is 8. The van der Waals surface area contributed by atoms with Crippen LogP contribution in [-0.4, -0.2) is 45.0 Å². The number of aromatic nitrogens is 1. The number of sulfonamides is 1. The van der Waals surface area contributed by atoms with Crippen LogP contribution in [0.5, 0.6) is 0 Å². The van der Waals surface area contributed by atoms with E-state index in [9.17, 15) is 32.0 Å². The first kappa shape index (κ1) is 26.9. The number of ether oxygens (including phenoxy) is 1. The molecule has 2 heterocycles. The molecule has 0 atom stereocenters. The third-order valence-electron chi connectivity index (χ3n) is 6.29. The fraction of sp³-hybridized carbons (Fsp3) is 0.308. The zero-order chi connectivity index (χ0) is 27.4. The molecule has 0 spiro atoms. The Morgan fingerprint density at radius 2 is 1.84 bits per heavy atom. The highest BCUT2D eigenvalue weighted by molar-refractivity contribution is 7.90. The number of nitrogens with zero attached hydrogens (tertiary/aromatic N) is 3. The molecule has 198 valence electrons. The normalized spacial score (nSPS) is 14.3. The predicted octanol–water partition coefficient (Wildman–Crippen LogP) is 3.94. The summed E-state index contributed by atoms with van der Waals surface area (Å²) in [6.07, 6.45) is -2.67. The van der Waals surface area contributed by atoms with Crippen molar-refractivity contribution >= 4 is 38.5 Å². The Labute approximate surface area is 218 Å². The number of pyridine rings is 1. The van der Waals surface area contributed by atoms with Crippen molar-refractivity contribution in [1.29, 1.82) is 5.26 Å². The highest BCUT2D eigenvalue weighted by Gasteiger charge is 2.31. The Bertz CT molecular complexity index is 1530. The average molecular weight is 543 g/mol. The Balaban J connectivity index is 1.48. The Morgan fingerprint density at radius 3 is 2.47 bits per heavy atom. The van der Waals surface area contributed by atoms with E-state index in [4.69, 9.17) is 4.74 Å². The Hall–Kier alpha value is -4.11. The molecule has 2 aromatic carbocycles. The van der Waals surface area contributed by atoms with E-state index in [0.29, 0.717) is 5.39 Å². The van der Waals surface area contributed by atoms with E-state index in [1.165, 1.54) is 19.1 Å². The summed E-state index contributed by atoms with van der Waals surface area (Å²) in [5.74, 6) is -2.35. The van der Waals surface area contributed by atoms with Crippen LogP contribution in [0.15, 0.2) is 53.4 Å². The quantitative estimate of drug-likeness (QED) is 0.445. The van der Waals surface area contributed by atoms with Gasteiger partial charge in [-0.15, -0.1) is 0 Å². The topological polar surface area (TPSA) is 129 Å². The van der Waals surface area contributed by atoms with Crippen molar-refractivity contribution in [2.45, 2.75) is 31.1 Å². The molecule has 1 aliphatic rings. The van der Waals surface area contributed by atoms with Crippen molar-refractivity contribution in [2.24, 2.45) is 5.92 Å². The molecule has 0 aliphatic carbocycles. The van der Waals surface area contributed by atoms with Gasteiger partial charge in [-0.2, -0.15) is 5.26 Å². The molecular weight excluding hydrogens is 518 g/mol. The number of halogens is 2. The van der Waals surface area contributed by atoms with E-state index in [2.05, 4.69) is 9.71 Å². The maximum atomic E-state index is 13.7. The summed E-state index contributed by atoms with van der Waals surface area (Å²) in [5.41, 5.74) is -1.35. The van der Waals surface area contributed by atoms with Gasteiger partial charge < -0.3 is 9.64 Å². The lowest BCUT2D eigenvalue weighted by molar-refractivity contribution is -0.123. The number of carbonyl (C=O) groups is 2. The van der Waals surface area contributed by atoms with Crippen LogP contribution in [0, 0.1) is 17.2 Å². The average Bonchev–Trinajstić information content (AvgIpc) is 2.91. The van der Waals surface area contributed by atoms with Crippen molar-refractivity contribution in [3.63, 3.8) is 0 Å². The van der Waals surface area contributed by atoms with Crippen LogP contribution in [0.4, 0.5) is 14.6 Å². The molecule has 12 heteroatoms. The molecule has 0 bridgehead atoms. The van der Waals surface area contributed by atoms with E-state index in [1.807, 2.05) is 18.2 Å². The van der Waals surface area contributed by atoms with Crippen molar-refractivity contribution in [1.82, 2.24) is 9.71 Å². The van der Waals surface area contributed by atoms with Gasteiger partial charge in [-0.1, -0.05) is 30.3 Å². The standard InChI is InChI=1S/C26H24F2N4O5S/c1-2-37-26(34)21-14-19(15-29)24(30-22(21)23(27)28)32-11-9-17(10-12-32)25(33)31-38(35,36)20-8-7-16-5-3-4-6-18(16)13-20/h3-8,13-14,17,23H,2,9-12H2,1H3,(H,31,33). The highest BCUT2D eigenvalue weighted by atomic mass is 32.2. The first-order chi connectivity index (χ1) is 18.1. The summed E-state index contributed by atoms with van der Waals surface area (Å²) >= 11 is 0. The predicted molar refractivity (Wildman–Crippen MR) is 134 cm³/mol. The van der Waals surface area contributed by atoms with Crippen LogP contribution in [0.25, 0.3) is 10.8 Å². The fourth-order valence-electron chi connectivity index (χ4n) is 4.34. The zero-order valence-corrected chi connectivity index (χ0v) is 21.2. The maximum absolute atomic E-state index is 13.7. The first-order valence-corrected chi connectivity index (χ1v) is 13.3. The largest absolute Gasteiger partial charge is 0.462 e. The second-order valence-electron chi connectivity index (χ2n) is 8.67. The van der Waals surface area contributed by atoms with E-state index in [0.717, 1.165) is 11.5 Å². The lowest BCUT2D eigenvalue weighted by Gasteiger charge is -2.33. The minimum absolute atomic E-state index is 0.0292. The summed E-state index contributed by atoms with van der Waals surface area (Å²) in [5, 5.41) is 11.1. The summed E-state index contributed by atoms with van der Waals surface area (Å²) < 4.78 is 60.0. The molecule has 1 aromatic heterocycles. The molecule has 9 nitrogen and oxygen atoms in total. The summed E-state index contributed by atoms with van der Waals surface area (Å²) in [7, 11) is -4.11. The van der Waals surface area contributed by atoms with Gasteiger partial charge in [-0.3, -0.25) is 4.79 Å². The molecule has 1 N–H and O–H groups in total. The molecule has 1 fully saturated rings. The number of nitriles is 1. The van der Waals surface area contributed by atoms with Crippen molar-refractivity contribution in [2.75, 3.05) is 24.6 Å². The number of carbonyl (C=O) groups excluding carboxylic acids is 2. The molecule has 0 radical (unpaired) electrons. The second kappa shape index (κ2) is 11.1. The van der Waals surface area contributed by atoms with Gasteiger partial charge in [0, 0.05) is 19.0 Å². The Morgan fingerprint density at radius 1 is 1.16 bits per heavy atom. The molecule has 4 rings (SSSR count). The van der Waals surface area contributed by atoms with Gasteiger partial charge in [0.15, 0.2) is 0 Å². The summed E-state index contributed by atoms with van der Waals surface area (Å²) in [6.45, 7) is 1.83. The van der Waals surface area contributed by atoms with E-state index in [-0.39, 0.29) is 48.8 Å². The van der Waals surface area contributed by atoms with Crippen LogP contribution in [0.1, 0.15) is 47.8 Å². The molecular formula is C26H24F2N4O5S. The second-order valence-corrected chi connectivity index (χ2v) is 10.3. The maximum Gasteiger partial charge on any atom is 0.340 e. The summed E-state index contributed by atoms with van der Waals surface area (Å²) in [6, 6.07) is 14.7. The smallest absolute Gasteiger partial charge is 0.340 e. The molecule has 1 amide bonds. The van der Waals surface area contributed by atoms with Gasteiger partial charge in [-0.25, -0.2) is 31.7 Å². The zero-order valence-electron chi connectivity index (χ0n) is 20.4. The number of rotatable bonds is 7. The molecule has 0 saturated carbocycles. The van der Waals surface area contributed by atoms with E-state index >= 15 is 0 Å². The molecule has 3 aromatic rings. The van der Waals surface area contributed by atoms with Crippen LogP contribution < -0.4 is 9.62 Å². The number of alkyl halides is 2. The summed E-state index contributed by atoms with van der Waals surface area (Å²) in [4.78, 5) is 30.4. The minimum atomic E-state index is -4.11. The number of amides is 1. The van der Waals surface area contributed by atoms with Gasteiger partial charge in [0.2, 0.25) is 5.91 Å². The minimum Gasteiger partial charge on any atom is -0.462 e. The third-order valence-corrected chi connectivity index (χ3v) is 7.63. The number of hydrogen-bond donors (Lipinski definition) is 1. The van der Waals surface area contributed by atoms with Crippen LogP contribution in [-0.2, 0) is 19.6 Å². The third kappa shape index (κ3) is 5.57. The van der Waals surface area contributed by atoms with Crippen LogP contribution in [0.2, 0.25) is 0 Å². The van der Waals surface area contributed by atoms with Gasteiger partial charge in [0.1, 0.15) is 17.6 Å². The van der Waals surface area contributed by atoms with Crippen molar-refractivity contribution in [3.8, 4) is 6.07 Å². The lowest BCUT2D eigenvalue weighted by Crippen LogP contribution is -2.43. The number of esters is 1. The SMILES string of the molecule is CCOC(=O)c1cc(C#N)c(N2CCC(C(=O)NS(=O)(=O)c3ccc4ccccc4c3)CC2)nc1C(F)F. The molecule has 1 aliphatic heterocycles. The number of nitrogens with one attached hydrogen (secondary N) is 1. The van der Waals surface area contributed by atoms with Gasteiger partial charge >= 0.3 is 5.97 Å².